The van der Waals surface area contributed by atoms with Crippen LogP contribution in [0.5, 0.6) is 0 Å². The number of nitrogens with one attached hydrogen (secondary N) is 1. The standard InChI is InChI=1S/C11H17F3N4O/c1-7(19)4-5-18(3)9-6-8(15-2)16-10(17-9)11(12,13)14/h6-7,19H,4-5H2,1-3H3,(H,15,16,17). The van der Waals surface area contributed by atoms with Gasteiger partial charge < -0.3 is 15.3 Å². The maximum atomic E-state index is 12.7. The highest BCUT2D eigenvalue weighted by Gasteiger charge is 2.35. The highest BCUT2D eigenvalue weighted by molar-refractivity contribution is 5.48. The molecule has 1 unspecified atom stereocenters. The smallest absolute Gasteiger partial charge is 0.393 e. The van der Waals surface area contributed by atoms with Crippen molar-refractivity contribution in [2.24, 2.45) is 0 Å². The van der Waals surface area contributed by atoms with Crippen molar-refractivity contribution in [2.75, 3.05) is 30.9 Å². The van der Waals surface area contributed by atoms with Gasteiger partial charge >= 0.3 is 6.18 Å². The molecule has 1 aromatic heterocycles. The summed E-state index contributed by atoms with van der Waals surface area (Å²) in [6, 6.07) is 1.43. The van der Waals surface area contributed by atoms with Gasteiger partial charge in [-0.2, -0.15) is 13.2 Å². The Labute approximate surface area is 109 Å². The fraction of sp³-hybridized carbons (Fsp3) is 0.636. The summed E-state index contributed by atoms with van der Waals surface area (Å²) >= 11 is 0. The second kappa shape index (κ2) is 6.05. The van der Waals surface area contributed by atoms with Crippen molar-refractivity contribution in [1.82, 2.24) is 9.97 Å². The van der Waals surface area contributed by atoms with Gasteiger partial charge in [0, 0.05) is 26.7 Å². The van der Waals surface area contributed by atoms with Gasteiger partial charge in [-0.25, -0.2) is 9.97 Å². The van der Waals surface area contributed by atoms with Gasteiger partial charge in [0.25, 0.3) is 0 Å². The van der Waals surface area contributed by atoms with E-state index in [4.69, 9.17) is 0 Å². The molecule has 0 aliphatic carbocycles. The Morgan fingerprint density at radius 2 is 2.05 bits per heavy atom. The summed E-state index contributed by atoms with van der Waals surface area (Å²) in [5.74, 6) is -0.924. The highest BCUT2D eigenvalue weighted by atomic mass is 19.4. The van der Waals surface area contributed by atoms with Gasteiger partial charge in [0.1, 0.15) is 11.6 Å². The predicted molar refractivity (Wildman–Crippen MR) is 66.1 cm³/mol. The number of aliphatic hydroxyl groups is 1. The molecule has 8 heteroatoms. The van der Waals surface area contributed by atoms with Gasteiger partial charge in [-0.3, -0.25) is 0 Å². The minimum absolute atomic E-state index is 0.0984. The van der Waals surface area contributed by atoms with Gasteiger partial charge in [0.2, 0.25) is 5.82 Å². The van der Waals surface area contributed by atoms with Crippen LogP contribution < -0.4 is 10.2 Å². The molecule has 0 saturated heterocycles. The van der Waals surface area contributed by atoms with Crippen LogP contribution >= 0.6 is 0 Å². The number of nitrogens with zero attached hydrogens (tertiary/aromatic N) is 3. The van der Waals surface area contributed by atoms with Crippen LogP contribution in [0.1, 0.15) is 19.2 Å². The molecule has 0 spiro atoms. The van der Waals surface area contributed by atoms with Gasteiger partial charge in [-0.1, -0.05) is 0 Å². The third-order valence-electron chi connectivity index (χ3n) is 2.50. The minimum Gasteiger partial charge on any atom is -0.393 e. The number of anilines is 2. The first-order valence-electron chi connectivity index (χ1n) is 5.77. The number of hydrogen-bond donors (Lipinski definition) is 2. The second-order valence-corrected chi connectivity index (χ2v) is 4.24. The first-order valence-corrected chi connectivity index (χ1v) is 5.77. The van der Waals surface area contributed by atoms with E-state index in [9.17, 15) is 18.3 Å². The molecule has 0 aromatic carbocycles. The zero-order valence-corrected chi connectivity index (χ0v) is 11.0. The number of hydrogen-bond acceptors (Lipinski definition) is 5. The van der Waals surface area contributed by atoms with Crippen molar-refractivity contribution >= 4 is 11.6 Å². The molecule has 19 heavy (non-hydrogen) atoms. The SMILES string of the molecule is CNc1cc(N(C)CCC(C)O)nc(C(F)(F)F)n1. The molecule has 1 heterocycles. The molecule has 2 N–H and O–H groups in total. The Hall–Kier alpha value is -1.57. The van der Waals surface area contributed by atoms with E-state index in [1.165, 1.54) is 13.1 Å². The molecule has 1 aromatic rings. The Morgan fingerprint density at radius 3 is 2.53 bits per heavy atom. The van der Waals surface area contributed by atoms with Crippen LogP contribution in [0, 0.1) is 0 Å². The summed E-state index contributed by atoms with van der Waals surface area (Å²) in [7, 11) is 3.10. The molecular weight excluding hydrogens is 261 g/mol. The van der Waals surface area contributed by atoms with Crippen LogP contribution in [0.3, 0.4) is 0 Å². The average molecular weight is 278 g/mol. The van der Waals surface area contributed by atoms with E-state index in [-0.39, 0.29) is 11.6 Å². The van der Waals surface area contributed by atoms with Gasteiger partial charge in [-0.05, 0) is 13.3 Å². The third kappa shape index (κ3) is 4.55. The molecule has 0 fully saturated rings. The summed E-state index contributed by atoms with van der Waals surface area (Å²) < 4.78 is 38.0. The van der Waals surface area contributed by atoms with E-state index < -0.39 is 18.1 Å². The van der Waals surface area contributed by atoms with Gasteiger partial charge in [-0.15, -0.1) is 0 Å². The molecule has 0 bridgehead atoms. The third-order valence-corrected chi connectivity index (χ3v) is 2.50. The molecule has 0 saturated carbocycles. The van der Waals surface area contributed by atoms with Crippen LogP contribution in [0.2, 0.25) is 0 Å². The van der Waals surface area contributed by atoms with Crippen molar-refractivity contribution in [2.45, 2.75) is 25.6 Å². The maximum Gasteiger partial charge on any atom is 0.451 e. The zero-order chi connectivity index (χ0) is 14.6. The number of aromatic nitrogens is 2. The quantitative estimate of drug-likeness (QED) is 0.859. The lowest BCUT2D eigenvalue weighted by atomic mass is 10.3. The van der Waals surface area contributed by atoms with E-state index in [0.29, 0.717) is 13.0 Å². The van der Waals surface area contributed by atoms with Crippen LogP contribution in [-0.4, -0.2) is 41.8 Å². The number of halogens is 3. The van der Waals surface area contributed by atoms with Crippen molar-refractivity contribution in [1.29, 1.82) is 0 Å². The number of aliphatic hydroxyl groups excluding tert-OH is 1. The molecule has 108 valence electrons. The maximum absolute atomic E-state index is 12.7. The van der Waals surface area contributed by atoms with Crippen molar-refractivity contribution < 1.29 is 18.3 Å². The summed E-state index contributed by atoms with van der Waals surface area (Å²) in [6.07, 6.45) is -4.67. The summed E-state index contributed by atoms with van der Waals surface area (Å²) in [5.41, 5.74) is 0. The summed E-state index contributed by atoms with van der Waals surface area (Å²) in [6.45, 7) is 2.02. The van der Waals surface area contributed by atoms with E-state index in [2.05, 4.69) is 15.3 Å². The van der Waals surface area contributed by atoms with Crippen LogP contribution in [0.25, 0.3) is 0 Å². The average Bonchev–Trinajstić information content (AvgIpc) is 2.34. The topological polar surface area (TPSA) is 61.3 Å². The summed E-state index contributed by atoms with van der Waals surface area (Å²) in [5, 5.41) is 11.8. The Kier molecular flexibility index (Phi) is 4.93. The molecule has 0 radical (unpaired) electrons. The lowest BCUT2D eigenvalue weighted by Crippen LogP contribution is -2.24. The van der Waals surface area contributed by atoms with Crippen molar-refractivity contribution in [3.8, 4) is 0 Å². The first kappa shape index (κ1) is 15.5. The molecule has 1 atom stereocenters. The Balaban J connectivity index is 2.99. The van der Waals surface area contributed by atoms with Gasteiger partial charge in [0.15, 0.2) is 0 Å². The molecule has 0 amide bonds. The van der Waals surface area contributed by atoms with Crippen LogP contribution in [0.4, 0.5) is 24.8 Å². The minimum atomic E-state index is -4.59. The van der Waals surface area contributed by atoms with Crippen molar-refractivity contribution in [3.63, 3.8) is 0 Å². The highest BCUT2D eigenvalue weighted by Crippen LogP contribution is 2.28. The molecule has 0 aliphatic rings. The Bertz CT molecular complexity index is 423. The van der Waals surface area contributed by atoms with E-state index in [1.807, 2.05) is 0 Å². The largest absolute Gasteiger partial charge is 0.451 e. The van der Waals surface area contributed by atoms with Crippen LogP contribution in [-0.2, 0) is 6.18 Å². The van der Waals surface area contributed by atoms with Crippen molar-refractivity contribution in [3.05, 3.63) is 11.9 Å². The van der Waals surface area contributed by atoms with E-state index in [0.717, 1.165) is 0 Å². The lowest BCUT2D eigenvalue weighted by molar-refractivity contribution is -0.144. The van der Waals surface area contributed by atoms with Gasteiger partial charge in [0.05, 0.1) is 6.10 Å². The molecule has 0 aliphatic heterocycles. The normalized spacial score (nSPS) is 13.2. The molecular formula is C11H17F3N4O. The predicted octanol–water partition coefficient (Wildman–Crippen LogP) is 1.74. The fourth-order valence-electron chi connectivity index (χ4n) is 1.38. The monoisotopic (exact) mass is 278 g/mol. The zero-order valence-electron chi connectivity index (χ0n) is 11.0. The summed E-state index contributed by atoms with van der Waals surface area (Å²) in [4.78, 5) is 8.42. The number of alkyl halides is 3. The fourth-order valence-corrected chi connectivity index (χ4v) is 1.38. The molecule has 1 rings (SSSR count). The lowest BCUT2D eigenvalue weighted by Gasteiger charge is -2.20. The first-order chi connectivity index (χ1) is 8.74. The molecule has 5 nitrogen and oxygen atoms in total. The second-order valence-electron chi connectivity index (χ2n) is 4.24. The Morgan fingerprint density at radius 1 is 1.42 bits per heavy atom. The number of rotatable bonds is 5. The van der Waals surface area contributed by atoms with E-state index in [1.54, 1.807) is 18.9 Å². The van der Waals surface area contributed by atoms with Crippen LogP contribution in [0.15, 0.2) is 6.07 Å². The van der Waals surface area contributed by atoms with E-state index >= 15 is 0 Å².